The molecule has 0 heterocycles. The third-order valence-corrected chi connectivity index (χ3v) is 5.28. The number of phenols is 1. The van der Waals surface area contributed by atoms with Crippen LogP contribution in [0.1, 0.15) is 58.4 Å². The molecule has 3 atom stereocenters. The van der Waals surface area contributed by atoms with Crippen LogP contribution in [0.5, 0.6) is 5.75 Å². The molecule has 174 valence electrons. The highest BCUT2D eigenvalue weighted by molar-refractivity contribution is 5.92. The van der Waals surface area contributed by atoms with Crippen LogP contribution in [0.3, 0.4) is 0 Å². The second kappa shape index (κ2) is 13.8. The van der Waals surface area contributed by atoms with Crippen molar-refractivity contribution in [3.05, 3.63) is 29.8 Å². The van der Waals surface area contributed by atoms with Crippen LogP contribution in [0.2, 0.25) is 0 Å². The lowest BCUT2D eigenvalue weighted by Crippen LogP contribution is -2.45. The van der Waals surface area contributed by atoms with Gasteiger partial charge in [-0.2, -0.15) is 0 Å². The molecule has 0 aliphatic rings. The highest BCUT2D eigenvalue weighted by Crippen LogP contribution is 2.19. The van der Waals surface area contributed by atoms with Gasteiger partial charge in [0.25, 0.3) is 0 Å². The molecule has 1 aromatic carbocycles. The smallest absolute Gasteiger partial charge is 0.309 e. The average molecular weight is 436 g/mol. The second-order valence-corrected chi connectivity index (χ2v) is 8.57. The van der Waals surface area contributed by atoms with Crippen molar-refractivity contribution in [3.8, 4) is 5.75 Å². The van der Waals surface area contributed by atoms with Gasteiger partial charge in [0.1, 0.15) is 5.75 Å². The number of phenolic OH excluding ortho intramolecular Hbond substituents is 1. The number of amides is 1. The van der Waals surface area contributed by atoms with E-state index in [2.05, 4.69) is 5.32 Å². The SMILES string of the molecule is COC(=O)[C@H](CCCCO)CC(=O)[C@H](CC(C)C)NC(=O)[C@@H](C)Cc1ccc(O)cc1. The summed E-state index contributed by atoms with van der Waals surface area (Å²) < 4.78 is 4.84. The summed E-state index contributed by atoms with van der Waals surface area (Å²) in [5, 5.41) is 21.2. The van der Waals surface area contributed by atoms with E-state index in [9.17, 15) is 19.5 Å². The molecule has 0 bridgehead atoms. The standard InChI is InChI=1S/C24H37NO6/c1-16(2)13-21(22(28)15-19(24(30)31-4)7-5-6-12-26)25-23(29)17(3)14-18-8-10-20(27)11-9-18/h8-11,16-17,19,21,26-27H,5-7,12-15H2,1-4H3,(H,25,29)/t17-,19+,21-/m0/s1. The number of ketones is 1. The van der Waals surface area contributed by atoms with E-state index in [0.717, 1.165) is 5.56 Å². The molecule has 0 unspecified atom stereocenters. The first-order chi connectivity index (χ1) is 14.7. The largest absolute Gasteiger partial charge is 0.508 e. The van der Waals surface area contributed by atoms with Crippen LogP contribution in [-0.2, 0) is 25.5 Å². The van der Waals surface area contributed by atoms with Gasteiger partial charge < -0.3 is 20.3 Å². The van der Waals surface area contributed by atoms with Gasteiger partial charge in [-0.25, -0.2) is 0 Å². The summed E-state index contributed by atoms with van der Waals surface area (Å²) in [7, 11) is 1.30. The van der Waals surface area contributed by atoms with E-state index < -0.39 is 17.9 Å². The number of aliphatic hydroxyl groups is 1. The van der Waals surface area contributed by atoms with Crippen LogP contribution in [0, 0.1) is 17.8 Å². The normalized spacial score (nSPS) is 14.0. The Hall–Kier alpha value is -2.41. The van der Waals surface area contributed by atoms with Crippen molar-refractivity contribution < 1.29 is 29.3 Å². The molecular formula is C24H37NO6. The first-order valence-electron chi connectivity index (χ1n) is 11.0. The zero-order valence-corrected chi connectivity index (χ0v) is 19.1. The van der Waals surface area contributed by atoms with Crippen LogP contribution in [-0.4, -0.2) is 47.6 Å². The molecule has 1 aromatic rings. The Bertz CT molecular complexity index is 701. The van der Waals surface area contributed by atoms with Crippen molar-refractivity contribution in [1.82, 2.24) is 5.32 Å². The number of Topliss-reactive ketones (excluding diaryl/α,β-unsaturated/α-hetero) is 1. The van der Waals surface area contributed by atoms with Gasteiger partial charge in [0, 0.05) is 18.9 Å². The van der Waals surface area contributed by atoms with E-state index in [-0.39, 0.29) is 42.3 Å². The molecule has 7 heteroatoms. The Balaban J connectivity index is 2.79. The summed E-state index contributed by atoms with van der Waals surface area (Å²) >= 11 is 0. The molecule has 0 saturated carbocycles. The number of hydrogen-bond donors (Lipinski definition) is 3. The molecule has 0 aliphatic heterocycles. The lowest BCUT2D eigenvalue weighted by Gasteiger charge is -2.23. The average Bonchev–Trinajstić information content (AvgIpc) is 2.73. The number of methoxy groups -OCH3 is 1. The third kappa shape index (κ3) is 9.96. The van der Waals surface area contributed by atoms with Gasteiger partial charge in [-0.3, -0.25) is 14.4 Å². The number of benzene rings is 1. The quantitative estimate of drug-likeness (QED) is 0.306. The topological polar surface area (TPSA) is 113 Å². The number of rotatable bonds is 14. The van der Waals surface area contributed by atoms with Gasteiger partial charge in [-0.1, -0.05) is 39.3 Å². The molecule has 7 nitrogen and oxygen atoms in total. The number of aromatic hydroxyl groups is 1. The monoisotopic (exact) mass is 435 g/mol. The minimum Gasteiger partial charge on any atom is -0.508 e. The summed E-state index contributed by atoms with van der Waals surface area (Å²) in [6.45, 7) is 5.79. The summed E-state index contributed by atoms with van der Waals surface area (Å²) in [5.74, 6) is -1.42. The molecule has 31 heavy (non-hydrogen) atoms. The van der Waals surface area contributed by atoms with Gasteiger partial charge in [-0.05, 0) is 49.3 Å². The maximum atomic E-state index is 13.0. The number of nitrogens with one attached hydrogen (secondary N) is 1. The maximum absolute atomic E-state index is 13.0. The molecule has 1 amide bonds. The predicted octanol–water partition coefficient (Wildman–Crippen LogP) is 3.01. The molecule has 3 N–H and O–H groups in total. The maximum Gasteiger partial charge on any atom is 0.309 e. The molecule has 1 rings (SSSR count). The van der Waals surface area contributed by atoms with E-state index in [1.54, 1.807) is 31.2 Å². The van der Waals surface area contributed by atoms with Crippen molar-refractivity contribution in [2.75, 3.05) is 13.7 Å². The zero-order chi connectivity index (χ0) is 23.4. The molecule has 0 aliphatic carbocycles. The van der Waals surface area contributed by atoms with Gasteiger partial charge in [-0.15, -0.1) is 0 Å². The fraction of sp³-hybridized carbons (Fsp3) is 0.625. The summed E-state index contributed by atoms with van der Waals surface area (Å²) in [5.41, 5.74) is 0.918. The van der Waals surface area contributed by atoms with Gasteiger partial charge in [0.2, 0.25) is 5.91 Å². The number of aliphatic hydroxyl groups excluding tert-OH is 1. The van der Waals surface area contributed by atoms with Gasteiger partial charge in [0.05, 0.1) is 19.1 Å². The van der Waals surface area contributed by atoms with E-state index >= 15 is 0 Å². The van der Waals surface area contributed by atoms with Crippen molar-refractivity contribution in [1.29, 1.82) is 0 Å². The summed E-state index contributed by atoms with van der Waals surface area (Å²) in [6, 6.07) is 6.02. The Kier molecular flexibility index (Phi) is 11.9. The van der Waals surface area contributed by atoms with E-state index in [4.69, 9.17) is 9.84 Å². The van der Waals surface area contributed by atoms with Crippen LogP contribution in [0.15, 0.2) is 24.3 Å². The second-order valence-electron chi connectivity index (χ2n) is 8.57. The van der Waals surface area contributed by atoms with Crippen molar-refractivity contribution in [2.45, 2.75) is 65.3 Å². The summed E-state index contributed by atoms with van der Waals surface area (Å²) in [6.07, 6.45) is 2.61. The number of ether oxygens (including phenoxy) is 1. The predicted molar refractivity (Wildman–Crippen MR) is 118 cm³/mol. The molecular weight excluding hydrogens is 398 g/mol. The van der Waals surface area contributed by atoms with Crippen LogP contribution >= 0.6 is 0 Å². The minimum atomic E-state index is -0.667. The third-order valence-electron chi connectivity index (χ3n) is 5.28. The van der Waals surface area contributed by atoms with Crippen molar-refractivity contribution >= 4 is 17.7 Å². The molecule has 0 saturated heterocycles. The number of carbonyl (C=O) groups is 3. The van der Waals surface area contributed by atoms with Crippen molar-refractivity contribution in [2.24, 2.45) is 17.8 Å². The molecule has 0 aromatic heterocycles. The Morgan fingerprint density at radius 2 is 1.71 bits per heavy atom. The number of esters is 1. The van der Waals surface area contributed by atoms with Gasteiger partial charge >= 0.3 is 5.97 Å². The van der Waals surface area contributed by atoms with Gasteiger partial charge in [0.15, 0.2) is 5.78 Å². The fourth-order valence-electron chi connectivity index (χ4n) is 3.49. The first-order valence-corrected chi connectivity index (χ1v) is 11.0. The van der Waals surface area contributed by atoms with E-state index in [1.807, 2.05) is 13.8 Å². The fourth-order valence-corrected chi connectivity index (χ4v) is 3.49. The van der Waals surface area contributed by atoms with Crippen LogP contribution in [0.25, 0.3) is 0 Å². The number of unbranched alkanes of at least 4 members (excludes halogenated alkanes) is 1. The Morgan fingerprint density at radius 1 is 1.06 bits per heavy atom. The number of carbonyl (C=O) groups excluding carboxylic acids is 3. The lowest BCUT2D eigenvalue weighted by molar-refractivity contribution is -0.147. The number of hydrogen-bond acceptors (Lipinski definition) is 6. The highest BCUT2D eigenvalue weighted by Gasteiger charge is 2.29. The molecule has 0 radical (unpaired) electrons. The Morgan fingerprint density at radius 3 is 2.26 bits per heavy atom. The highest BCUT2D eigenvalue weighted by atomic mass is 16.5. The zero-order valence-electron chi connectivity index (χ0n) is 19.1. The first kappa shape index (κ1) is 26.6. The molecule has 0 fully saturated rings. The van der Waals surface area contributed by atoms with Crippen LogP contribution in [0.4, 0.5) is 0 Å². The minimum absolute atomic E-state index is 0.00209. The summed E-state index contributed by atoms with van der Waals surface area (Å²) in [4.78, 5) is 37.9. The van der Waals surface area contributed by atoms with E-state index in [1.165, 1.54) is 7.11 Å². The van der Waals surface area contributed by atoms with Crippen LogP contribution < -0.4 is 5.32 Å². The van der Waals surface area contributed by atoms with E-state index in [0.29, 0.717) is 32.1 Å². The lowest BCUT2D eigenvalue weighted by atomic mass is 9.90. The Labute approximate surface area is 185 Å². The van der Waals surface area contributed by atoms with Crippen molar-refractivity contribution in [3.63, 3.8) is 0 Å². The molecule has 0 spiro atoms.